The fourth-order valence-electron chi connectivity index (χ4n) is 3.32. The van der Waals surface area contributed by atoms with Gasteiger partial charge in [0.1, 0.15) is 5.69 Å². The number of amides is 3. The molecule has 0 spiro atoms. The van der Waals surface area contributed by atoms with Crippen molar-refractivity contribution in [1.82, 2.24) is 25.1 Å². The van der Waals surface area contributed by atoms with Crippen LogP contribution in [0.3, 0.4) is 0 Å². The van der Waals surface area contributed by atoms with E-state index in [9.17, 15) is 9.59 Å². The molecule has 0 unspecified atom stereocenters. The Morgan fingerprint density at radius 3 is 2.96 bits per heavy atom. The number of fused-ring (bicyclic) bond motifs is 1. The van der Waals surface area contributed by atoms with Crippen LogP contribution >= 0.6 is 0 Å². The van der Waals surface area contributed by atoms with E-state index in [1.54, 1.807) is 11.0 Å². The number of nitrogens with one attached hydrogen (secondary N) is 1. The molecule has 2 aliphatic heterocycles. The second kappa shape index (κ2) is 6.02. The van der Waals surface area contributed by atoms with Gasteiger partial charge in [0.2, 0.25) is 0 Å². The smallest absolute Gasteiger partial charge is 0.318 e. The zero-order valence-electron chi connectivity index (χ0n) is 13.5. The van der Waals surface area contributed by atoms with Crippen LogP contribution in [0.2, 0.25) is 0 Å². The van der Waals surface area contributed by atoms with Crippen molar-refractivity contribution in [2.24, 2.45) is 0 Å². The van der Waals surface area contributed by atoms with E-state index >= 15 is 0 Å². The number of carbonyl (C=O) groups is 2. The van der Waals surface area contributed by atoms with Gasteiger partial charge in [-0.2, -0.15) is 4.98 Å². The molecular weight excluding hydrogens is 298 g/mol. The van der Waals surface area contributed by atoms with Crippen molar-refractivity contribution in [2.75, 3.05) is 20.2 Å². The van der Waals surface area contributed by atoms with Gasteiger partial charge in [0.25, 0.3) is 5.91 Å². The summed E-state index contributed by atoms with van der Waals surface area (Å²) in [6.07, 6.45) is 2.26. The van der Waals surface area contributed by atoms with E-state index in [0.717, 1.165) is 6.42 Å². The molecule has 8 nitrogen and oxygen atoms in total. The summed E-state index contributed by atoms with van der Waals surface area (Å²) in [5, 5.41) is 2.98. The summed E-state index contributed by atoms with van der Waals surface area (Å²) in [6.45, 7) is 5.11. The lowest BCUT2D eigenvalue weighted by Gasteiger charge is -2.37. The Morgan fingerprint density at radius 2 is 2.26 bits per heavy atom. The second-order valence-corrected chi connectivity index (χ2v) is 6.09. The van der Waals surface area contributed by atoms with E-state index in [2.05, 4.69) is 15.3 Å². The maximum absolute atomic E-state index is 12.6. The number of rotatable bonds is 3. The van der Waals surface area contributed by atoms with Crippen molar-refractivity contribution in [3.05, 3.63) is 18.0 Å². The van der Waals surface area contributed by atoms with Crippen molar-refractivity contribution < 1.29 is 14.3 Å². The number of nitrogens with zero attached hydrogens (tertiary/aromatic N) is 4. The molecule has 8 heteroatoms. The Labute approximate surface area is 134 Å². The van der Waals surface area contributed by atoms with Crippen LogP contribution in [0.25, 0.3) is 0 Å². The van der Waals surface area contributed by atoms with Crippen LogP contribution < -0.4 is 10.1 Å². The molecule has 23 heavy (non-hydrogen) atoms. The molecule has 2 aliphatic rings. The zero-order valence-corrected chi connectivity index (χ0v) is 13.5. The van der Waals surface area contributed by atoms with Crippen molar-refractivity contribution in [1.29, 1.82) is 0 Å². The predicted molar refractivity (Wildman–Crippen MR) is 82.2 cm³/mol. The second-order valence-electron chi connectivity index (χ2n) is 6.09. The molecule has 3 heterocycles. The summed E-state index contributed by atoms with van der Waals surface area (Å²) in [5.74, 6) is -0.165. The van der Waals surface area contributed by atoms with Crippen molar-refractivity contribution >= 4 is 11.9 Å². The van der Waals surface area contributed by atoms with E-state index in [-0.39, 0.29) is 36.1 Å². The highest BCUT2D eigenvalue weighted by atomic mass is 16.5. The molecule has 3 amide bonds. The number of aromatic nitrogens is 2. The summed E-state index contributed by atoms with van der Waals surface area (Å²) in [7, 11) is 1.46. The van der Waals surface area contributed by atoms with E-state index in [4.69, 9.17) is 4.74 Å². The van der Waals surface area contributed by atoms with Gasteiger partial charge in [-0.3, -0.25) is 4.79 Å². The number of ether oxygens (including phenoxy) is 1. The molecule has 0 radical (unpaired) electrons. The van der Waals surface area contributed by atoms with Crippen LogP contribution in [0.15, 0.2) is 12.3 Å². The fourth-order valence-corrected chi connectivity index (χ4v) is 3.32. The predicted octanol–water partition coefficient (Wildman–Crippen LogP) is 0.502. The lowest BCUT2D eigenvalue weighted by Crippen LogP contribution is -2.53. The maximum atomic E-state index is 12.6. The Bertz CT molecular complexity index is 621. The van der Waals surface area contributed by atoms with Crippen molar-refractivity contribution in [2.45, 2.75) is 38.4 Å². The van der Waals surface area contributed by atoms with Gasteiger partial charge in [-0.1, -0.05) is 0 Å². The van der Waals surface area contributed by atoms with Crippen LogP contribution in [-0.4, -0.2) is 70.0 Å². The normalized spacial score (nSPS) is 23.7. The molecule has 1 aromatic heterocycles. The third-order valence-corrected chi connectivity index (χ3v) is 4.36. The average molecular weight is 319 g/mol. The molecule has 0 aliphatic carbocycles. The molecule has 2 saturated heterocycles. The average Bonchev–Trinajstić information content (AvgIpc) is 2.89. The number of hydrogen-bond donors (Lipinski definition) is 1. The van der Waals surface area contributed by atoms with Gasteiger partial charge in [0.05, 0.1) is 19.2 Å². The highest BCUT2D eigenvalue weighted by molar-refractivity contribution is 5.92. The minimum absolute atomic E-state index is 0.0358. The monoisotopic (exact) mass is 319 g/mol. The van der Waals surface area contributed by atoms with Gasteiger partial charge in [0, 0.05) is 25.3 Å². The van der Waals surface area contributed by atoms with Crippen molar-refractivity contribution in [3.63, 3.8) is 0 Å². The molecule has 0 aromatic carbocycles. The van der Waals surface area contributed by atoms with E-state index in [1.807, 2.05) is 18.7 Å². The third kappa shape index (κ3) is 2.80. The van der Waals surface area contributed by atoms with Gasteiger partial charge in [0.15, 0.2) is 0 Å². The molecule has 0 saturated carbocycles. The lowest BCUT2D eigenvalue weighted by molar-refractivity contribution is 0.0638. The highest BCUT2D eigenvalue weighted by Gasteiger charge is 2.44. The molecule has 1 aromatic rings. The minimum Gasteiger partial charge on any atom is -0.467 e. The van der Waals surface area contributed by atoms with Gasteiger partial charge in [-0.05, 0) is 26.3 Å². The molecule has 124 valence electrons. The van der Waals surface area contributed by atoms with Crippen molar-refractivity contribution in [3.8, 4) is 6.01 Å². The largest absolute Gasteiger partial charge is 0.467 e. The molecule has 3 rings (SSSR count). The summed E-state index contributed by atoms with van der Waals surface area (Å²) in [5.41, 5.74) is 0.306. The summed E-state index contributed by atoms with van der Waals surface area (Å²) >= 11 is 0. The first kappa shape index (κ1) is 15.5. The van der Waals surface area contributed by atoms with Gasteiger partial charge >= 0.3 is 12.0 Å². The highest BCUT2D eigenvalue weighted by Crippen LogP contribution is 2.25. The Kier molecular flexibility index (Phi) is 4.06. The minimum atomic E-state index is -0.165. The third-order valence-electron chi connectivity index (χ3n) is 4.36. The first-order valence-electron chi connectivity index (χ1n) is 7.76. The SMILES string of the molecule is COc1nccc(C(=O)N2CC[C@H]3[C@@H](C2)NC(=O)N3C(C)C)n1. The van der Waals surface area contributed by atoms with E-state index in [1.165, 1.54) is 13.3 Å². The zero-order chi connectivity index (χ0) is 16.6. The standard InChI is InChI=1S/C15H21N5O3/c1-9(2)20-12-5-7-19(8-11(12)18-15(20)22)13(21)10-4-6-16-14(17-10)23-3/h4,6,9,11-12H,5,7-8H2,1-3H3,(H,18,22)/t11-,12+/m1/s1. The van der Waals surface area contributed by atoms with Crippen LogP contribution in [0.4, 0.5) is 4.79 Å². The number of likely N-dealkylation sites (tertiary alicyclic amines) is 1. The maximum Gasteiger partial charge on any atom is 0.318 e. The number of hydrogen-bond acceptors (Lipinski definition) is 5. The Balaban J connectivity index is 1.72. The summed E-state index contributed by atoms with van der Waals surface area (Å²) < 4.78 is 4.96. The summed E-state index contributed by atoms with van der Waals surface area (Å²) in [4.78, 5) is 36.3. The van der Waals surface area contributed by atoms with E-state index < -0.39 is 0 Å². The van der Waals surface area contributed by atoms with Gasteiger partial charge in [-0.15, -0.1) is 0 Å². The Hall–Kier alpha value is -2.38. The molecule has 2 atom stereocenters. The van der Waals surface area contributed by atoms with E-state index in [0.29, 0.717) is 18.8 Å². The number of piperidine rings is 1. The van der Waals surface area contributed by atoms with Crippen LogP contribution in [0, 0.1) is 0 Å². The topological polar surface area (TPSA) is 87.7 Å². The number of methoxy groups -OCH3 is 1. The van der Waals surface area contributed by atoms with Crippen LogP contribution in [0.1, 0.15) is 30.8 Å². The quantitative estimate of drug-likeness (QED) is 0.876. The molecule has 0 bridgehead atoms. The fraction of sp³-hybridized carbons (Fsp3) is 0.600. The van der Waals surface area contributed by atoms with Gasteiger partial charge < -0.3 is 19.9 Å². The summed E-state index contributed by atoms with van der Waals surface area (Å²) in [6, 6.07) is 1.96. The van der Waals surface area contributed by atoms with Gasteiger partial charge in [-0.25, -0.2) is 9.78 Å². The first-order chi connectivity index (χ1) is 11.0. The van der Waals surface area contributed by atoms with Crippen LogP contribution in [-0.2, 0) is 0 Å². The molecule has 1 N–H and O–H groups in total. The Morgan fingerprint density at radius 1 is 1.48 bits per heavy atom. The number of urea groups is 1. The number of carbonyl (C=O) groups excluding carboxylic acids is 2. The first-order valence-corrected chi connectivity index (χ1v) is 7.76. The molecular formula is C15H21N5O3. The lowest BCUT2D eigenvalue weighted by atomic mass is 9.98. The van der Waals surface area contributed by atoms with Crippen LogP contribution in [0.5, 0.6) is 6.01 Å². The molecule has 2 fully saturated rings.